The minimum Gasteiger partial charge on any atom is -0.377 e. The number of hydrogen-bond donors (Lipinski definition) is 1. The number of ether oxygens (including phenoxy) is 1. The molecular weight excluding hydrogens is 262 g/mol. The van der Waals surface area contributed by atoms with E-state index in [1.165, 1.54) is 11.3 Å². The van der Waals surface area contributed by atoms with Gasteiger partial charge >= 0.3 is 0 Å². The van der Waals surface area contributed by atoms with Crippen molar-refractivity contribution in [1.29, 1.82) is 0 Å². The van der Waals surface area contributed by atoms with E-state index in [2.05, 4.69) is 41.0 Å². The summed E-state index contributed by atoms with van der Waals surface area (Å²) in [6.45, 7) is 11.1. The molecule has 1 unspecified atom stereocenters. The number of aryl methyl sites for hydroxylation is 1. The number of piperazine rings is 1. The Labute approximate surface area is 128 Å². The van der Waals surface area contributed by atoms with Crippen molar-refractivity contribution in [3.05, 3.63) is 29.8 Å². The molecule has 1 aromatic rings. The highest BCUT2D eigenvalue weighted by Gasteiger charge is 2.18. The van der Waals surface area contributed by atoms with Gasteiger partial charge in [0.1, 0.15) is 0 Å². The van der Waals surface area contributed by atoms with Crippen LogP contribution in [0.5, 0.6) is 0 Å². The van der Waals surface area contributed by atoms with E-state index < -0.39 is 0 Å². The third-order valence-electron chi connectivity index (χ3n) is 4.17. The second kappa shape index (κ2) is 8.37. The molecule has 1 saturated heterocycles. The van der Waals surface area contributed by atoms with Gasteiger partial charge in [-0.05, 0) is 38.0 Å². The van der Waals surface area contributed by atoms with Gasteiger partial charge in [-0.15, -0.1) is 0 Å². The summed E-state index contributed by atoms with van der Waals surface area (Å²) in [4.78, 5) is 5.00. The highest BCUT2D eigenvalue weighted by atomic mass is 16.5. The number of anilines is 1. The molecule has 1 heterocycles. The van der Waals surface area contributed by atoms with Crippen molar-refractivity contribution in [2.45, 2.75) is 26.4 Å². The Kier molecular flexibility index (Phi) is 6.49. The molecule has 0 aromatic heterocycles. The topological polar surface area (TPSA) is 41.7 Å². The summed E-state index contributed by atoms with van der Waals surface area (Å²) < 4.78 is 5.62. The molecule has 0 aliphatic carbocycles. The van der Waals surface area contributed by atoms with Gasteiger partial charge in [0.05, 0.1) is 6.10 Å². The summed E-state index contributed by atoms with van der Waals surface area (Å²) in [6.07, 6.45) is 1.25. The Hall–Kier alpha value is -1.10. The highest BCUT2D eigenvalue weighted by molar-refractivity contribution is 5.48. The second-order valence-electron chi connectivity index (χ2n) is 5.77. The molecule has 0 spiro atoms. The smallest absolute Gasteiger partial charge is 0.0709 e. The summed E-state index contributed by atoms with van der Waals surface area (Å²) in [5.74, 6) is 0. The highest BCUT2D eigenvalue weighted by Crippen LogP contribution is 2.18. The lowest BCUT2D eigenvalue weighted by Gasteiger charge is -2.36. The number of nitrogens with zero attached hydrogens (tertiary/aromatic N) is 2. The minimum atomic E-state index is 0.213. The first kappa shape index (κ1) is 16.3. The summed E-state index contributed by atoms with van der Waals surface area (Å²) in [5, 5.41) is 0. The quantitative estimate of drug-likeness (QED) is 0.833. The van der Waals surface area contributed by atoms with E-state index >= 15 is 0 Å². The fraction of sp³-hybridized carbons (Fsp3) is 0.647. The van der Waals surface area contributed by atoms with Gasteiger partial charge < -0.3 is 15.4 Å². The second-order valence-corrected chi connectivity index (χ2v) is 5.77. The van der Waals surface area contributed by atoms with Crippen LogP contribution in [0.3, 0.4) is 0 Å². The molecule has 0 bridgehead atoms. The fourth-order valence-corrected chi connectivity index (χ4v) is 2.89. The molecule has 4 heteroatoms. The Morgan fingerprint density at radius 2 is 2.00 bits per heavy atom. The molecule has 0 saturated carbocycles. The summed E-state index contributed by atoms with van der Waals surface area (Å²) in [5.41, 5.74) is 8.42. The van der Waals surface area contributed by atoms with E-state index in [4.69, 9.17) is 10.5 Å². The lowest BCUT2D eigenvalue weighted by Crippen LogP contribution is -2.47. The largest absolute Gasteiger partial charge is 0.377 e. The van der Waals surface area contributed by atoms with Crippen molar-refractivity contribution in [3.63, 3.8) is 0 Å². The molecule has 0 amide bonds. The predicted octanol–water partition coefficient (Wildman–Crippen LogP) is 1.87. The van der Waals surface area contributed by atoms with Crippen LogP contribution in [0.4, 0.5) is 5.69 Å². The molecule has 0 radical (unpaired) electrons. The first-order valence-corrected chi connectivity index (χ1v) is 8.08. The zero-order valence-corrected chi connectivity index (χ0v) is 13.4. The van der Waals surface area contributed by atoms with Crippen molar-refractivity contribution in [1.82, 2.24) is 4.90 Å². The van der Waals surface area contributed by atoms with Crippen LogP contribution in [0.2, 0.25) is 0 Å². The molecule has 1 fully saturated rings. The monoisotopic (exact) mass is 291 g/mol. The summed E-state index contributed by atoms with van der Waals surface area (Å²) >= 11 is 0. The van der Waals surface area contributed by atoms with Gasteiger partial charge in [-0.2, -0.15) is 0 Å². The lowest BCUT2D eigenvalue weighted by atomic mass is 10.2. The van der Waals surface area contributed by atoms with Crippen LogP contribution >= 0.6 is 0 Å². The van der Waals surface area contributed by atoms with Crippen LogP contribution in [-0.2, 0) is 4.74 Å². The first-order chi connectivity index (χ1) is 10.2. The molecule has 118 valence electrons. The van der Waals surface area contributed by atoms with Crippen LogP contribution in [0.15, 0.2) is 24.3 Å². The van der Waals surface area contributed by atoms with E-state index in [9.17, 15) is 0 Å². The molecule has 2 rings (SSSR count). The van der Waals surface area contributed by atoms with Crippen LogP contribution in [0, 0.1) is 6.92 Å². The Morgan fingerprint density at radius 1 is 1.24 bits per heavy atom. The number of nitrogens with two attached hydrogens (primary N) is 1. The van der Waals surface area contributed by atoms with Crippen molar-refractivity contribution < 1.29 is 4.74 Å². The third kappa shape index (κ3) is 4.99. The molecule has 1 aliphatic rings. The predicted molar refractivity (Wildman–Crippen MR) is 88.9 cm³/mol. The maximum absolute atomic E-state index is 5.73. The van der Waals surface area contributed by atoms with Crippen molar-refractivity contribution >= 4 is 5.69 Å². The molecule has 1 aromatic carbocycles. The Bertz CT molecular complexity index is 416. The number of benzene rings is 1. The van der Waals surface area contributed by atoms with E-state index in [-0.39, 0.29) is 6.10 Å². The van der Waals surface area contributed by atoms with E-state index in [0.29, 0.717) is 6.54 Å². The van der Waals surface area contributed by atoms with Crippen LogP contribution in [-0.4, -0.2) is 56.9 Å². The number of rotatable bonds is 7. The van der Waals surface area contributed by atoms with E-state index in [1.54, 1.807) is 0 Å². The molecule has 21 heavy (non-hydrogen) atoms. The Balaban J connectivity index is 1.75. The normalized spacial score (nSPS) is 18.0. The summed E-state index contributed by atoms with van der Waals surface area (Å²) in [7, 11) is 0. The van der Waals surface area contributed by atoms with Gasteiger partial charge in [-0.25, -0.2) is 0 Å². The zero-order chi connectivity index (χ0) is 15.1. The van der Waals surface area contributed by atoms with Gasteiger partial charge in [0.2, 0.25) is 0 Å². The molecule has 1 aliphatic heterocycles. The van der Waals surface area contributed by atoms with E-state index in [0.717, 1.165) is 45.8 Å². The average molecular weight is 291 g/mol. The van der Waals surface area contributed by atoms with Crippen LogP contribution in [0.25, 0.3) is 0 Å². The van der Waals surface area contributed by atoms with Crippen LogP contribution < -0.4 is 10.6 Å². The first-order valence-electron chi connectivity index (χ1n) is 8.08. The average Bonchev–Trinajstić information content (AvgIpc) is 2.52. The van der Waals surface area contributed by atoms with Crippen molar-refractivity contribution in [3.8, 4) is 0 Å². The van der Waals surface area contributed by atoms with Crippen molar-refractivity contribution in [2.24, 2.45) is 5.73 Å². The van der Waals surface area contributed by atoms with E-state index in [1.807, 2.05) is 6.92 Å². The van der Waals surface area contributed by atoms with Crippen LogP contribution in [0.1, 0.15) is 18.9 Å². The van der Waals surface area contributed by atoms with Crippen molar-refractivity contribution in [2.75, 3.05) is 50.8 Å². The van der Waals surface area contributed by atoms with Gasteiger partial charge in [0, 0.05) is 51.6 Å². The third-order valence-corrected chi connectivity index (χ3v) is 4.17. The zero-order valence-electron chi connectivity index (χ0n) is 13.4. The minimum absolute atomic E-state index is 0.213. The lowest BCUT2D eigenvalue weighted by molar-refractivity contribution is 0.0538. The summed E-state index contributed by atoms with van der Waals surface area (Å²) in [6, 6.07) is 8.78. The number of hydrogen-bond acceptors (Lipinski definition) is 4. The maximum atomic E-state index is 5.73. The molecular formula is C17H29N3O. The fourth-order valence-electron chi connectivity index (χ4n) is 2.89. The van der Waals surface area contributed by atoms with Gasteiger partial charge in [-0.1, -0.05) is 12.1 Å². The Morgan fingerprint density at radius 3 is 2.62 bits per heavy atom. The SMILES string of the molecule is CCOC(CN)CCN1CCN(c2cccc(C)c2)CC1. The van der Waals surface area contributed by atoms with Gasteiger partial charge in [0.25, 0.3) is 0 Å². The van der Waals surface area contributed by atoms with Gasteiger partial charge in [0.15, 0.2) is 0 Å². The van der Waals surface area contributed by atoms with Gasteiger partial charge in [-0.3, -0.25) is 4.90 Å². The molecule has 1 atom stereocenters. The molecule has 2 N–H and O–H groups in total. The maximum Gasteiger partial charge on any atom is 0.0709 e. The standard InChI is InChI=1S/C17H29N3O/c1-3-21-17(14-18)7-8-19-9-11-20(12-10-19)16-6-4-5-15(2)13-16/h4-6,13,17H,3,7-12,14,18H2,1-2H3. The molecule has 4 nitrogen and oxygen atoms in total.